The molecule has 1 unspecified atom stereocenters. The molecule has 0 aromatic carbocycles. The monoisotopic (exact) mass is 431 g/mol. The molecule has 0 saturated carbocycles. The van der Waals surface area contributed by atoms with Gasteiger partial charge in [-0.15, -0.1) is 11.3 Å². The minimum atomic E-state index is -1.74. The number of nitrogens with one attached hydrogen (secondary N) is 1. The number of carboxylic acids is 2. The highest BCUT2D eigenvalue weighted by Crippen LogP contribution is 2.38. The fraction of sp³-hybridized carbons (Fsp3) is 0.222. The molecule has 4 rings (SSSR count). The van der Waals surface area contributed by atoms with Gasteiger partial charge in [-0.3, -0.25) is 24.3 Å². The van der Waals surface area contributed by atoms with E-state index in [1.54, 1.807) is 6.07 Å². The first kappa shape index (κ1) is 19.7. The molecule has 154 valence electrons. The van der Waals surface area contributed by atoms with Crippen molar-refractivity contribution in [1.29, 1.82) is 0 Å². The summed E-state index contributed by atoms with van der Waals surface area (Å²) in [5, 5.41) is 20.3. The highest BCUT2D eigenvalue weighted by atomic mass is 32.1. The van der Waals surface area contributed by atoms with Gasteiger partial charge in [0.2, 0.25) is 0 Å². The summed E-state index contributed by atoms with van der Waals surface area (Å²) in [6.45, 7) is -0.103. The van der Waals surface area contributed by atoms with E-state index in [9.17, 15) is 29.1 Å². The van der Waals surface area contributed by atoms with Gasteiger partial charge >= 0.3 is 17.8 Å². The second-order valence-corrected chi connectivity index (χ2v) is 7.64. The van der Waals surface area contributed by atoms with Crippen LogP contribution in [0.25, 0.3) is 0 Å². The SMILES string of the molecule is O=C(O)C(=O)Nc1sc2c(c1C(=O)O)CC(CN1C(=O)c3cccnc3C1=O)OC2. The molecule has 3 amide bonds. The standard InChI is InChI=1S/C18H13N3O8S/c22-13(18(27)28)20-14-11(17(25)26)9-4-7(29-6-10(9)30-14)5-21-15(23)8-2-1-3-19-12(8)16(21)24/h1-3,7H,4-6H2,(H,20,22)(H,25,26)(H,27,28). The number of aliphatic carboxylic acids is 1. The number of hydrogen-bond acceptors (Lipinski definition) is 8. The number of amides is 3. The summed E-state index contributed by atoms with van der Waals surface area (Å²) in [6.07, 6.45) is 0.807. The van der Waals surface area contributed by atoms with Gasteiger partial charge in [0, 0.05) is 17.5 Å². The van der Waals surface area contributed by atoms with E-state index in [0.29, 0.717) is 10.4 Å². The number of nitrogens with zero attached hydrogens (tertiary/aromatic N) is 2. The van der Waals surface area contributed by atoms with Gasteiger partial charge in [0.15, 0.2) is 0 Å². The molecular formula is C18H13N3O8S. The molecule has 1 atom stereocenters. The Labute approximate surface area is 171 Å². The van der Waals surface area contributed by atoms with E-state index in [2.05, 4.69) is 10.3 Å². The molecule has 2 aliphatic heterocycles. The fourth-order valence-corrected chi connectivity index (χ4v) is 4.53. The van der Waals surface area contributed by atoms with Crippen LogP contribution in [0.5, 0.6) is 0 Å². The van der Waals surface area contributed by atoms with Crippen LogP contribution in [0.3, 0.4) is 0 Å². The minimum absolute atomic E-state index is 0.00465. The van der Waals surface area contributed by atoms with Gasteiger partial charge in [0.1, 0.15) is 10.7 Å². The van der Waals surface area contributed by atoms with Crippen molar-refractivity contribution < 1.29 is 38.9 Å². The predicted molar refractivity (Wildman–Crippen MR) is 99.4 cm³/mol. The Morgan fingerprint density at radius 3 is 2.70 bits per heavy atom. The number of fused-ring (bicyclic) bond motifs is 2. The smallest absolute Gasteiger partial charge is 0.394 e. The first-order chi connectivity index (χ1) is 14.3. The molecule has 2 aliphatic rings. The molecule has 4 heterocycles. The zero-order valence-electron chi connectivity index (χ0n) is 15.1. The number of ether oxygens (including phenoxy) is 1. The van der Waals surface area contributed by atoms with Gasteiger partial charge in [0.25, 0.3) is 11.8 Å². The second kappa shape index (κ2) is 7.31. The number of carbonyl (C=O) groups excluding carboxylic acids is 3. The molecule has 0 radical (unpaired) electrons. The molecule has 12 heteroatoms. The Morgan fingerprint density at radius 1 is 1.27 bits per heavy atom. The van der Waals surface area contributed by atoms with Gasteiger partial charge in [-0.2, -0.15) is 0 Å². The first-order valence-corrected chi connectivity index (χ1v) is 9.44. The summed E-state index contributed by atoms with van der Waals surface area (Å²) >= 11 is 0.913. The van der Waals surface area contributed by atoms with Crippen molar-refractivity contribution >= 4 is 46.0 Å². The first-order valence-electron chi connectivity index (χ1n) is 8.62. The molecule has 2 aromatic rings. The van der Waals surface area contributed by atoms with Crippen LogP contribution in [0.2, 0.25) is 0 Å². The molecule has 11 nitrogen and oxygen atoms in total. The van der Waals surface area contributed by atoms with Gasteiger partial charge in [-0.05, 0) is 17.7 Å². The number of carbonyl (C=O) groups is 5. The minimum Gasteiger partial charge on any atom is -0.478 e. The van der Waals surface area contributed by atoms with Crippen LogP contribution in [-0.2, 0) is 27.4 Å². The number of imide groups is 1. The van der Waals surface area contributed by atoms with Crippen molar-refractivity contribution in [2.45, 2.75) is 19.1 Å². The predicted octanol–water partition coefficient (Wildman–Crippen LogP) is 0.602. The van der Waals surface area contributed by atoms with Crippen LogP contribution in [-0.4, -0.2) is 62.4 Å². The molecule has 30 heavy (non-hydrogen) atoms. The lowest BCUT2D eigenvalue weighted by Gasteiger charge is -2.26. The molecule has 0 spiro atoms. The van der Waals surface area contributed by atoms with E-state index >= 15 is 0 Å². The zero-order valence-corrected chi connectivity index (χ0v) is 15.9. The van der Waals surface area contributed by atoms with E-state index in [0.717, 1.165) is 16.2 Å². The van der Waals surface area contributed by atoms with E-state index < -0.39 is 35.8 Å². The third-order valence-corrected chi connectivity index (χ3v) is 5.85. The average molecular weight is 431 g/mol. The summed E-state index contributed by atoms with van der Waals surface area (Å²) in [5.74, 6) is -5.49. The van der Waals surface area contributed by atoms with Crippen molar-refractivity contribution in [3.63, 3.8) is 0 Å². The number of hydrogen-bond donors (Lipinski definition) is 3. The molecule has 2 aromatic heterocycles. The van der Waals surface area contributed by atoms with Gasteiger partial charge < -0.3 is 20.3 Å². The maximum Gasteiger partial charge on any atom is 0.394 e. The van der Waals surface area contributed by atoms with Gasteiger partial charge in [0.05, 0.1) is 30.4 Å². The Kier molecular flexibility index (Phi) is 4.79. The average Bonchev–Trinajstić information content (AvgIpc) is 3.18. The van der Waals surface area contributed by atoms with Crippen molar-refractivity contribution in [1.82, 2.24) is 9.88 Å². The number of aromatic nitrogens is 1. The summed E-state index contributed by atoms with van der Waals surface area (Å²) in [5.41, 5.74) is 0.403. The topological polar surface area (TPSA) is 163 Å². The number of anilines is 1. The summed E-state index contributed by atoms with van der Waals surface area (Å²) in [7, 11) is 0. The maximum absolute atomic E-state index is 12.5. The van der Waals surface area contributed by atoms with Crippen molar-refractivity contribution in [3.8, 4) is 0 Å². The van der Waals surface area contributed by atoms with E-state index in [1.807, 2.05) is 0 Å². The highest BCUT2D eigenvalue weighted by Gasteiger charge is 2.39. The molecule has 0 bridgehead atoms. The number of pyridine rings is 1. The van der Waals surface area contributed by atoms with Crippen LogP contribution in [0.15, 0.2) is 18.3 Å². The molecule has 0 aliphatic carbocycles. The Balaban J connectivity index is 1.57. The lowest BCUT2D eigenvalue weighted by molar-refractivity contribution is -0.147. The summed E-state index contributed by atoms with van der Waals surface area (Å²) in [6, 6.07) is 3.05. The number of thiophene rings is 1. The Bertz CT molecular complexity index is 1090. The van der Waals surface area contributed by atoms with Crippen LogP contribution in [0.4, 0.5) is 5.00 Å². The quantitative estimate of drug-likeness (QED) is 0.464. The van der Waals surface area contributed by atoms with E-state index in [4.69, 9.17) is 9.84 Å². The Morgan fingerprint density at radius 2 is 2.03 bits per heavy atom. The van der Waals surface area contributed by atoms with E-state index in [1.165, 1.54) is 12.3 Å². The normalized spacial score (nSPS) is 17.5. The van der Waals surface area contributed by atoms with Crippen LogP contribution >= 0.6 is 11.3 Å². The van der Waals surface area contributed by atoms with Gasteiger partial charge in [-0.1, -0.05) is 0 Å². The molecule has 0 fully saturated rings. The van der Waals surface area contributed by atoms with E-state index in [-0.39, 0.29) is 41.4 Å². The van der Waals surface area contributed by atoms with Crippen LogP contribution in [0.1, 0.15) is 41.6 Å². The van der Waals surface area contributed by atoms with Crippen LogP contribution in [0, 0.1) is 0 Å². The van der Waals surface area contributed by atoms with Crippen molar-refractivity contribution in [2.75, 3.05) is 11.9 Å². The summed E-state index contributed by atoms with van der Waals surface area (Å²) < 4.78 is 5.68. The van der Waals surface area contributed by atoms with Gasteiger partial charge in [-0.25, -0.2) is 9.59 Å². The Hall–Kier alpha value is -3.64. The fourth-order valence-electron chi connectivity index (χ4n) is 3.40. The van der Waals surface area contributed by atoms with Crippen molar-refractivity contribution in [3.05, 3.63) is 45.6 Å². The lowest BCUT2D eigenvalue weighted by atomic mass is 10.0. The summed E-state index contributed by atoms with van der Waals surface area (Å²) in [4.78, 5) is 64.4. The zero-order chi connectivity index (χ0) is 21.6. The molecule has 3 N–H and O–H groups in total. The highest BCUT2D eigenvalue weighted by molar-refractivity contribution is 7.17. The number of rotatable bonds is 4. The largest absolute Gasteiger partial charge is 0.478 e. The number of carboxylic acid groups (broad SMARTS) is 2. The number of aromatic carboxylic acids is 1. The third-order valence-electron chi connectivity index (χ3n) is 4.72. The maximum atomic E-state index is 12.5. The molecule has 0 saturated heterocycles. The third kappa shape index (κ3) is 3.21. The lowest BCUT2D eigenvalue weighted by Crippen LogP contribution is -2.40. The molecular weight excluding hydrogens is 418 g/mol. The van der Waals surface area contributed by atoms with Crippen LogP contribution < -0.4 is 5.32 Å². The van der Waals surface area contributed by atoms with Crippen molar-refractivity contribution in [2.24, 2.45) is 0 Å². The second-order valence-electron chi connectivity index (χ2n) is 6.53.